The lowest BCUT2D eigenvalue weighted by molar-refractivity contribution is 0.115. The molecule has 1 unspecified atom stereocenters. The van der Waals surface area contributed by atoms with Gasteiger partial charge in [0.15, 0.2) is 0 Å². The molecule has 0 heterocycles. The molecule has 0 amide bonds. The van der Waals surface area contributed by atoms with Crippen LogP contribution in [0.4, 0.5) is 0 Å². The smallest absolute Gasteiger partial charge is 0.119 e. The third-order valence-corrected chi connectivity index (χ3v) is 2.86. The van der Waals surface area contributed by atoms with Gasteiger partial charge in [-0.25, -0.2) is 0 Å². The first-order chi connectivity index (χ1) is 8.86. The maximum atomic E-state index is 5.72. The maximum absolute atomic E-state index is 5.72. The molecule has 0 fully saturated rings. The van der Waals surface area contributed by atoms with Crippen molar-refractivity contribution < 1.29 is 9.47 Å². The van der Waals surface area contributed by atoms with Gasteiger partial charge >= 0.3 is 0 Å². The normalized spacial score (nSPS) is 12.3. The molecule has 1 rings (SSSR count). The lowest BCUT2D eigenvalue weighted by Crippen LogP contribution is -2.33. The highest BCUT2D eigenvalue weighted by atomic mass is 16.5. The first kappa shape index (κ1) is 15.0. The van der Waals surface area contributed by atoms with Gasteiger partial charge in [0.2, 0.25) is 0 Å². The van der Waals surface area contributed by atoms with Gasteiger partial charge in [0, 0.05) is 19.3 Å². The summed E-state index contributed by atoms with van der Waals surface area (Å²) in [5, 5.41) is 3.26. The van der Waals surface area contributed by atoms with E-state index >= 15 is 0 Å². The quantitative estimate of drug-likeness (QED) is 0.649. The molecule has 3 heteroatoms. The maximum Gasteiger partial charge on any atom is 0.119 e. The molecule has 0 aliphatic carbocycles. The molecule has 0 radical (unpaired) electrons. The molecule has 1 aromatic rings. The van der Waals surface area contributed by atoms with Gasteiger partial charge in [0.25, 0.3) is 0 Å². The summed E-state index contributed by atoms with van der Waals surface area (Å²) < 4.78 is 11.3. The molecule has 0 aliphatic rings. The van der Waals surface area contributed by atoms with E-state index in [-0.39, 0.29) is 0 Å². The summed E-state index contributed by atoms with van der Waals surface area (Å²) in [6.45, 7) is 4.52. The molecule has 18 heavy (non-hydrogen) atoms. The van der Waals surface area contributed by atoms with Gasteiger partial charge < -0.3 is 14.8 Å². The highest BCUT2D eigenvalue weighted by Crippen LogP contribution is 2.09. The second-order valence-corrected chi connectivity index (χ2v) is 4.36. The number of para-hydroxylation sites is 1. The van der Waals surface area contributed by atoms with Crippen LogP contribution in [0.2, 0.25) is 0 Å². The molecule has 0 saturated heterocycles. The molecule has 0 saturated carbocycles. The summed E-state index contributed by atoms with van der Waals surface area (Å²) in [6, 6.07) is 10.3. The summed E-state index contributed by atoms with van der Waals surface area (Å²) in [7, 11) is 1.96. The number of nitrogens with one attached hydrogen (secondary N) is 1. The molecule has 1 aromatic carbocycles. The Balaban J connectivity index is 2.13. The first-order valence-electron chi connectivity index (χ1n) is 6.79. The van der Waals surface area contributed by atoms with Gasteiger partial charge in [0.1, 0.15) is 12.4 Å². The topological polar surface area (TPSA) is 30.5 Å². The van der Waals surface area contributed by atoms with E-state index in [1.165, 1.54) is 6.42 Å². The van der Waals surface area contributed by atoms with Crippen molar-refractivity contribution in [2.45, 2.75) is 32.2 Å². The van der Waals surface area contributed by atoms with Crippen LogP contribution in [0, 0.1) is 0 Å². The number of unbranched alkanes of at least 4 members (excludes halogenated alkanes) is 1. The number of likely N-dealkylation sites (N-methyl/N-ethyl adjacent to an activating group) is 1. The van der Waals surface area contributed by atoms with Crippen molar-refractivity contribution in [2.75, 3.05) is 26.9 Å². The zero-order valence-corrected chi connectivity index (χ0v) is 11.5. The second-order valence-electron chi connectivity index (χ2n) is 4.36. The van der Waals surface area contributed by atoms with Crippen molar-refractivity contribution in [3.8, 4) is 5.75 Å². The zero-order valence-electron chi connectivity index (χ0n) is 11.5. The number of rotatable bonds is 10. The Kier molecular flexibility index (Phi) is 8.26. The van der Waals surface area contributed by atoms with Gasteiger partial charge in [-0.1, -0.05) is 31.5 Å². The van der Waals surface area contributed by atoms with E-state index in [9.17, 15) is 0 Å². The van der Waals surface area contributed by atoms with Crippen LogP contribution in [0.5, 0.6) is 5.75 Å². The van der Waals surface area contributed by atoms with E-state index in [2.05, 4.69) is 12.2 Å². The Hall–Kier alpha value is -1.06. The summed E-state index contributed by atoms with van der Waals surface area (Å²) in [5.74, 6) is 0.921. The van der Waals surface area contributed by atoms with E-state index in [0.29, 0.717) is 12.6 Å². The fourth-order valence-electron chi connectivity index (χ4n) is 1.60. The Morgan fingerprint density at radius 2 is 1.94 bits per heavy atom. The van der Waals surface area contributed by atoms with Crippen LogP contribution in [0.1, 0.15) is 26.2 Å². The van der Waals surface area contributed by atoms with Crippen molar-refractivity contribution in [1.82, 2.24) is 5.32 Å². The summed E-state index contributed by atoms with van der Waals surface area (Å²) >= 11 is 0. The second kappa shape index (κ2) is 9.92. The minimum Gasteiger partial charge on any atom is -0.492 e. The number of benzene rings is 1. The fraction of sp³-hybridized carbons (Fsp3) is 0.600. The number of ether oxygens (including phenoxy) is 2. The largest absolute Gasteiger partial charge is 0.492 e. The zero-order chi connectivity index (χ0) is 13.1. The van der Waals surface area contributed by atoms with Crippen molar-refractivity contribution in [3.63, 3.8) is 0 Å². The summed E-state index contributed by atoms with van der Waals surface area (Å²) in [4.78, 5) is 0. The summed E-state index contributed by atoms with van der Waals surface area (Å²) in [5.41, 5.74) is 0. The van der Waals surface area contributed by atoms with Gasteiger partial charge in [0.05, 0.1) is 0 Å². The average molecular weight is 251 g/mol. The Labute approximate surface area is 110 Å². The van der Waals surface area contributed by atoms with Gasteiger partial charge in [-0.05, 0) is 32.0 Å². The van der Waals surface area contributed by atoms with Crippen LogP contribution in [-0.2, 0) is 4.74 Å². The van der Waals surface area contributed by atoms with Crippen molar-refractivity contribution >= 4 is 0 Å². The van der Waals surface area contributed by atoms with Crippen molar-refractivity contribution in [2.24, 2.45) is 0 Å². The van der Waals surface area contributed by atoms with Crippen LogP contribution in [0.15, 0.2) is 30.3 Å². The number of hydrogen-bond donors (Lipinski definition) is 1. The van der Waals surface area contributed by atoms with Gasteiger partial charge in [-0.2, -0.15) is 0 Å². The van der Waals surface area contributed by atoms with Crippen molar-refractivity contribution in [1.29, 1.82) is 0 Å². The lowest BCUT2D eigenvalue weighted by atomic mass is 10.2. The van der Waals surface area contributed by atoms with Crippen molar-refractivity contribution in [3.05, 3.63) is 30.3 Å². The predicted octanol–water partition coefficient (Wildman–Crippen LogP) is 2.86. The standard InChI is InChI=1S/C15H25NO2/c1-3-4-11-17-12-10-14(16-2)13-18-15-8-6-5-7-9-15/h5-9,14,16H,3-4,10-13H2,1-2H3. The Morgan fingerprint density at radius 1 is 1.17 bits per heavy atom. The molecular formula is C15H25NO2. The van der Waals surface area contributed by atoms with Crippen LogP contribution in [-0.4, -0.2) is 32.9 Å². The summed E-state index contributed by atoms with van der Waals surface area (Å²) in [6.07, 6.45) is 3.31. The van der Waals surface area contributed by atoms with E-state index in [1.54, 1.807) is 0 Å². The molecule has 3 nitrogen and oxygen atoms in total. The average Bonchev–Trinajstić information content (AvgIpc) is 2.43. The minimum atomic E-state index is 0.340. The SMILES string of the molecule is CCCCOCCC(COc1ccccc1)NC. The highest BCUT2D eigenvalue weighted by Gasteiger charge is 2.06. The minimum absolute atomic E-state index is 0.340. The highest BCUT2D eigenvalue weighted by molar-refractivity contribution is 5.20. The van der Waals surface area contributed by atoms with Crippen LogP contribution in [0.25, 0.3) is 0 Å². The molecule has 0 aromatic heterocycles. The molecule has 1 N–H and O–H groups in total. The first-order valence-corrected chi connectivity index (χ1v) is 6.79. The van der Waals surface area contributed by atoms with Gasteiger partial charge in [-0.15, -0.1) is 0 Å². The lowest BCUT2D eigenvalue weighted by Gasteiger charge is -2.17. The third kappa shape index (κ3) is 6.62. The predicted molar refractivity (Wildman–Crippen MR) is 75.1 cm³/mol. The van der Waals surface area contributed by atoms with Gasteiger partial charge in [-0.3, -0.25) is 0 Å². The van der Waals surface area contributed by atoms with E-state index < -0.39 is 0 Å². The molecule has 0 aliphatic heterocycles. The van der Waals surface area contributed by atoms with Crippen LogP contribution < -0.4 is 10.1 Å². The molecule has 102 valence electrons. The Morgan fingerprint density at radius 3 is 2.61 bits per heavy atom. The Bertz CT molecular complexity index is 290. The molecule has 0 bridgehead atoms. The fourth-order valence-corrected chi connectivity index (χ4v) is 1.60. The van der Waals surface area contributed by atoms with E-state index in [4.69, 9.17) is 9.47 Å². The molecular weight excluding hydrogens is 226 g/mol. The molecule has 0 spiro atoms. The monoisotopic (exact) mass is 251 g/mol. The number of hydrogen-bond acceptors (Lipinski definition) is 3. The molecule has 1 atom stereocenters. The third-order valence-electron chi connectivity index (χ3n) is 2.86. The van der Waals surface area contributed by atoms with Crippen LogP contribution in [0.3, 0.4) is 0 Å². The van der Waals surface area contributed by atoms with Crippen LogP contribution >= 0.6 is 0 Å². The van der Waals surface area contributed by atoms with E-state index in [1.807, 2.05) is 37.4 Å². The van der Waals surface area contributed by atoms with E-state index in [0.717, 1.165) is 31.8 Å².